The van der Waals surface area contributed by atoms with Gasteiger partial charge < -0.3 is 9.73 Å². The van der Waals surface area contributed by atoms with Gasteiger partial charge in [-0.2, -0.15) is 0 Å². The molecule has 0 saturated carbocycles. The average Bonchev–Trinajstić information content (AvgIpc) is 3.12. The van der Waals surface area contributed by atoms with Gasteiger partial charge in [0.15, 0.2) is 0 Å². The molecule has 0 radical (unpaired) electrons. The predicted octanol–water partition coefficient (Wildman–Crippen LogP) is 4.65. The van der Waals surface area contributed by atoms with E-state index in [1.165, 1.54) is 22.9 Å². The molecule has 3 rings (SSSR count). The molecular formula is C20H21N3O2S. The lowest BCUT2D eigenvalue weighted by molar-refractivity contribution is -0.113. The van der Waals surface area contributed by atoms with E-state index in [4.69, 9.17) is 4.42 Å². The van der Waals surface area contributed by atoms with E-state index in [2.05, 4.69) is 29.4 Å². The summed E-state index contributed by atoms with van der Waals surface area (Å²) in [5.41, 5.74) is 5.23. The van der Waals surface area contributed by atoms with Crippen LogP contribution in [0, 0.1) is 13.8 Å². The third-order valence-corrected chi connectivity index (χ3v) is 4.98. The number of rotatable bonds is 6. The molecule has 6 heteroatoms. The summed E-state index contributed by atoms with van der Waals surface area (Å²) in [6.45, 7) is 6.17. The van der Waals surface area contributed by atoms with Gasteiger partial charge in [0.2, 0.25) is 11.8 Å². The Bertz CT molecular complexity index is 921. The molecule has 1 heterocycles. The SMILES string of the molecule is CCc1ccccc1NC(=O)CSc1nnc(-c2ccc(C)c(C)c2)o1. The van der Waals surface area contributed by atoms with Crippen molar-refractivity contribution >= 4 is 23.4 Å². The van der Waals surface area contributed by atoms with Crippen molar-refractivity contribution < 1.29 is 9.21 Å². The van der Waals surface area contributed by atoms with E-state index < -0.39 is 0 Å². The molecule has 134 valence electrons. The van der Waals surface area contributed by atoms with E-state index in [9.17, 15) is 4.79 Å². The second-order valence-corrected chi connectivity index (χ2v) is 6.95. The summed E-state index contributed by atoms with van der Waals surface area (Å²) in [6.07, 6.45) is 0.868. The first-order valence-corrected chi connectivity index (χ1v) is 9.47. The summed E-state index contributed by atoms with van der Waals surface area (Å²) in [5.74, 6) is 0.584. The van der Waals surface area contributed by atoms with Crippen molar-refractivity contribution in [2.75, 3.05) is 11.1 Å². The lowest BCUT2D eigenvalue weighted by Gasteiger charge is -2.08. The summed E-state index contributed by atoms with van der Waals surface area (Å²) < 4.78 is 5.67. The molecule has 0 aliphatic rings. The molecule has 0 unspecified atom stereocenters. The molecule has 0 bridgehead atoms. The smallest absolute Gasteiger partial charge is 0.277 e. The highest BCUT2D eigenvalue weighted by Crippen LogP contribution is 2.25. The van der Waals surface area contributed by atoms with E-state index in [1.807, 2.05) is 49.4 Å². The zero-order valence-corrected chi connectivity index (χ0v) is 15.9. The third-order valence-electron chi connectivity index (χ3n) is 4.16. The Hall–Kier alpha value is -2.60. The number of hydrogen-bond acceptors (Lipinski definition) is 5. The Kier molecular flexibility index (Phi) is 5.73. The number of anilines is 1. The van der Waals surface area contributed by atoms with Gasteiger partial charge in [-0.05, 0) is 55.2 Å². The lowest BCUT2D eigenvalue weighted by Crippen LogP contribution is -2.15. The van der Waals surface area contributed by atoms with Crippen LogP contribution in [0.1, 0.15) is 23.6 Å². The zero-order valence-electron chi connectivity index (χ0n) is 15.1. The predicted molar refractivity (Wildman–Crippen MR) is 104 cm³/mol. The number of aryl methyl sites for hydroxylation is 3. The summed E-state index contributed by atoms with van der Waals surface area (Å²) in [5, 5.41) is 11.4. The largest absolute Gasteiger partial charge is 0.411 e. The number of aromatic nitrogens is 2. The second-order valence-electron chi connectivity index (χ2n) is 6.02. The highest BCUT2D eigenvalue weighted by Gasteiger charge is 2.12. The topological polar surface area (TPSA) is 68.0 Å². The number of para-hydroxylation sites is 1. The van der Waals surface area contributed by atoms with Crippen molar-refractivity contribution in [2.45, 2.75) is 32.4 Å². The van der Waals surface area contributed by atoms with Crippen LogP contribution in [-0.4, -0.2) is 21.9 Å². The summed E-state index contributed by atoms with van der Waals surface area (Å²) in [7, 11) is 0. The first-order valence-electron chi connectivity index (χ1n) is 8.48. The second kappa shape index (κ2) is 8.19. The highest BCUT2D eigenvalue weighted by molar-refractivity contribution is 7.99. The van der Waals surface area contributed by atoms with Gasteiger partial charge in [0, 0.05) is 11.3 Å². The molecule has 1 N–H and O–H groups in total. The van der Waals surface area contributed by atoms with Crippen LogP contribution in [0.5, 0.6) is 0 Å². The number of nitrogens with one attached hydrogen (secondary N) is 1. The van der Waals surface area contributed by atoms with Crippen LogP contribution in [0.3, 0.4) is 0 Å². The minimum absolute atomic E-state index is 0.0955. The van der Waals surface area contributed by atoms with Crippen molar-refractivity contribution in [1.82, 2.24) is 10.2 Å². The van der Waals surface area contributed by atoms with Gasteiger partial charge in [-0.3, -0.25) is 4.79 Å². The van der Waals surface area contributed by atoms with Gasteiger partial charge in [-0.25, -0.2) is 0 Å². The van der Waals surface area contributed by atoms with Gasteiger partial charge in [-0.1, -0.05) is 43.0 Å². The van der Waals surface area contributed by atoms with Gasteiger partial charge in [-0.15, -0.1) is 10.2 Å². The molecule has 5 nitrogen and oxygen atoms in total. The molecule has 0 spiro atoms. The Morgan fingerprint density at radius 3 is 2.69 bits per heavy atom. The van der Waals surface area contributed by atoms with Crippen LogP contribution >= 0.6 is 11.8 Å². The minimum atomic E-state index is -0.0955. The number of hydrogen-bond donors (Lipinski definition) is 1. The zero-order chi connectivity index (χ0) is 18.5. The first-order chi connectivity index (χ1) is 12.6. The Labute approximate surface area is 157 Å². The normalized spacial score (nSPS) is 10.7. The molecule has 2 aromatic carbocycles. The quantitative estimate of drug-likeness (QED) is 0.643. The van der Waals surface area contributed by atoms with Crippen LogP contribution in [0.25, 0.3) is 11.5 Å². The summed E-state index contributed by atoms with van der Waals surface area (Å²) in [4.78, 5) is 12.2. The van der Waals surface area contributed by atoms with Gasteiger partial charge in [0.1, 0.15) is 0 Å². The maximum absolute atomic E-state index is 12.2. The molecule has 1 aromatic heterocycles. The van der Waals surface area contributed by atoms with E-state index >= 15 is 0 Å². The fourth-order valence-corrected chi connectivity index (χ4v) is 3.09. The molecule has 1 amide bonds. The van der Waals surface area contributed by atoms with Crippen molar-refractivity contribution in [1.29, 1.82) is 0 Å². The average molecular weight is 367 g/mol. The minimum Gasteiger partial charge on any atom is -0.411 e. The number of thioether (sulfide) groups is 1. The molecule has 0 aliphatic heterocycles. The molecule has 0 atom stereocenters. The fraction of sp³-hybridized carbons (Fsp3) is 0.250. The molecule has 0 fully saturated rings. The lowest BCUT2D eigenvalue weighted by atomic mass is 10.1. The van der Waals surface area contributed by atoms with Crippen LogP contribution < -0.4 is 5.32 Å². The Morgan fingerprint density at radius 2 is 1.92 bits per heavy atom. The number of carbonyl (C=O) groups is 1. The summed E-state index contributed by atoms with van der Waals surface area (Å²) in [6, 6.07) is 13.8. The third kappa shape index (κ3) is 4.32. The highest BCUT2D eigenvalue weighted by atomic mass is 32.2. The van der Waals surface area contributed by atoms with Crippen molar-refractivity contribution in [2.24, 2.45) is 0 Å². The molecule has 0 saturated heterocycles. The Morgan fingerprint density at radius 1 is 1.12 bits per heavy atom. The van der Waals surface area contributed by atoms with E-state index in [-0.39, 0.29) is 11.7 Å². The molecule has 3 aromatic rings. The number of benzene rings is 2. The number of carbonyl (C=O) groups excluding carboxylic acids is 1. The monoisotopic (exact) mass is 367 g/mol. The van der Waals surface area contributed by atoms with Crippen molar-refractivity contribution in [3.05, 3.63) is 59.2 Å². The van der Waals surface area contributed by atoms with Gasteiger partial charge >= 0.3 is 0 Å². The van der Waals surface area contributed by atoms with Crippen LogP contribution in [0.2, 0.25) is 0 Å². The van der Waals surface area contributed by atoms with E-state index in [1.54, 1.807) is 0 Å². The van der Waals surface area contributed by atoms with E-state index in [0.29, 0.717) is 11.1 Å². The van der Waals surface area contributed by atoms with Crippen LogP contribution in [0.15, 0.2) is 52.1 Å². The van der Waals surface area contributed by atoms with Crippen molar-refractivity contribution in [3.8, 4) is 11.5 Å². The number of nitrogens with zero attached hydrogens (tertiary/aromatic N) is 2. The summed E-state index contributed by atoms with van der Waals surface area (Å²) >= 11 is 1.23. The standard InChI is InChI=1S/C20H21N3O2S/c1-4-15-7-5-6-8-17(15)21-18(24)12-26-20-23-22-19(25-20)16-10-9-13(2)14(3)11-16/h5-11H,4,12H2,1-3H3,(H,21,24). The number of amides is 1. The molecule has 26 heavy (non-hydrogen) atoms. The van der Waals surface area contributed by atoms with E-state index in [0.717, 1.165) is 23.2 Å². The molecule has 0 aliphatic carbocycles. The van der Waals surface area contributed by atoms with Crippen LogP contribution in [0.4, 0.5) is 5.69 Å². The van der Waals surface area contributed by atoms with Gasteiger partial charge in [0.25, 0.3) is 5.22 Å². The van der Waals surface area contributed by atoms with Gasteiger partial charge in [0.05, 0.1) is 5.75 Å². The fourth-order valence-electron chi connectivity index (χ4n) is 2.52. The first kappa shape index (κ1) is 18.2. The molecular weight excluding hydrogens is 346 g/mol. The maximum atomic E-state index is 12.2. The van der Waals surface area contributed by atoms with Crippen molar-refractivity contribution in [3.63, 3.8) is 0 Å². The van der Waals surface area contributed by atoms with Crippen LogP contribution in [-0.2, 0) is 11.2 Å². The maximum Gasteiger partial charge on any atom is 0.277 e. The Balaban J connectivity index is 1.61.